The van der Waals surface area contributed by atoms with Crippen molar-refractivity contribution in [2.75, 3.05) is 12.4 Å². The van der Waals surface area contributed by atoms with Crippen molar-refractivity contribution in [2.45, 2.75) is 25.0 Å². The van der Waals surface area contributed by atoms with E-state index in [1.54, 1.807) is 37.9 Å². The summed E-state index contributed by atoms with van der Waals surface area (Å²) >= 11 is 0. The van der Waals surface area contributed by atoms with Crippen LogP contribution in [0.1, 0.15) is 18.5 Å². The highest BCUT2D eigenvalue weighted by atomic mass is 16.2. The van der Waals surface area contributed by atoms with Gasteiger partial charge < -0.3 is 16.0 Å². The van der Waals surface area contributed by atoms with Crippen LogP contribution in [0.3, 0.4) is 0 Å². The predicted molar refractivity (Wildman–Crippen MR) is 126 cm³/mol. The fourth-order valence-electron chi connectivity index (χ4n) is 4.12. The lowest BCUT2D eigenvalue weighted by atomic mass is 10.0. The number of carbonyl (C=O) groups is 2. The lowest BCUT2D eigenvalue weighted by Crippen LogP contribution is -2.39. The van der Waals surface area contributed by atoms with Crippen molar-refractivity contribution < 1.29 is 9.59 Å². The number of fused-ring (bicyclic) bond motifs is 2. The summed E-state index contributed by atoms with van der Waals surface area (Å²) in [5, 5.41) is 17.0. The third-order valence-electron chi connectivity index (χ3n) is 6.09. The molecule has 0 aromatic carbocycles. The standard InChI is InChI=1S/C23H21N9O2/c1-24-23(34)15-4-5-26-20-17(15)29-21(30-20)18-16-7-13(9-27-19(16)32-31-18)12-6-14(10-25-8-12)28-22(33)11-2-3-11/h4-11,17,20H,2-3H2,1H3,(H,24,34)(H,28,33)(H,29,30)(H,27,31,32). The SMILES string of the molecule is CNC(=O)C1=CC=NC2NC(c3n[nH]c4ncc(-c5cncc(NC(=O)C6CC6)c5)cc34)=NC12. The Morgan fingerprint density at radius 3 is 2.79 bits per heavy atom. The number of pyridine rings is 2. The van der Waals surface area contributed by atoms with Crippen molar-refractivity contribution in [1.29, 1.82) is 0 Å². The van der Waals surface area contributed by atoms with Crippen LogP contribution in [0.2, 0.25) is 0 Å². The Hall–Kier alpha value is -4.41. The second kappa shape index (κ2) is 7.87. The van der Waals surface area contributed by atoms with Gasteiger partial charge in [0.15, 0.2) is 11.5 Å². The minimum Gasteiger partial charge on any atom is -0.355 e. The van der Waals surface area contributed by atoms with Gasteiger partial charge in [0.25, 0.3) is 0 Å². The average Bonchev–Trinajstić information content (AvgIpc) is 3.49. The second-order valence-electron chi connectivity index (χ2n) is 8.43. The monoisotopic (exact) mass is 455 g/mol. The lowest BCUT2D eigenvalue weighted by Gasteiger charge is -2.19. The molecule has 1 aliphatic carbocycles. The maximum absolute atomic E-state index is 12.2. The molecule has 2 amide bonds. The van der Waals surface area contributed by atoms with Gasteiger partial charge in [-0.25, -0.2) is 4.98 Å². The predicted octanol–water partition coefficient (Wildman–Crippen LogP) is 1.17. The van der Waals surface area contributed by atoms with E-state index in [1.165, 1.54) is 0 Å². The summed E-state index contributed by atoms with van der Waals surface area (Å²) in [5.41, 5.74) is 4.04. The Morgan fingerprint density at radius 1 is 1.12 bits per heavy atom. The van der Waals surface area contributed by atoms with E-state index < -0.39 is 6.04 Å². The van der Waals surface area contributed by atoms with Crippen molar-refractivity contribution in [3.05, 3.63) is 48.1 Å². The van der Waals surface area contributed by atoms with Crippen LogP contribution in [0.5, 0.6) is 0 Å². The molecule has 0 bridgehead atoms. The number of aromatic amines is 1. The molecular weight excluding hydrogens is 434 g/mol. The van der Waals surface area contributed by atoms with E-state index >= 15 is 0 Å². The molecule has 170 valence electrons. The first-order chi connectivity index (χ1) is 16.6. The summed E-state index contributed by atoms with van der Waals surface area (Å²) in [7, 11) is 1.59. The van der Waals surface area contributed by atoms with Gasteiger partial charge in [0.2, 0.25) is 11.8 Å². The molecule has 2 atom stereocenters. The van der Waals surface area contributed by atoms with E-state index in [-0.39, 0.29) is 23.9 Å². The molecule has 11 nitrogen and oxygen atoms in total. The van der Waals surface area contributed by atoms with Crippen molar-refractivity contribution in [1.82, 2.24) is 30.8 Å². The van der Waals surface area contributed by atoms with Gasteiger partial charge in [-0.1, -0.05) is 0 Å². The molecule has 3 aromatic heterocycles. The van der Waals surface area contributed by atoms with Crippen LogP contribution in [0.25, 0.3) is 22.2 Å². The average molecular weight is 455 g/mol. The number of allylic oxidation sites excluding steroid dienone is 1. The summed E-state index contributed by atoms with van der Waals surface area (Å²) in [6.07, 6.45) is 9.89. The number of aliphatic imine (C=N–C) groups is 2. The number of hydrogen-bond acceptors (Lipinski definition) is 8. The van der Waals surface area contributed by atoms with E-state index in [2.05, 4.69) is 41.1 Å². The van der Waals surface area contributed by atoms with Gasteiger partial charge in [-0.15, -0.1) is 0 Å². The Morgan fingerprint density at radius 2 is 1.97 bits per heavy atom. The van der Waals surface area contributed by atoms with E-state index in [1.807, 2.05) is 12.1 Å². The zero-order valence-corrected chi connectivity index (χ0v) is 18.2. The van der Waals surface area contributed by atoms with Crippen LogP contribution in [0, 0.1) is 5.92 Å². The highest BCUT2D eigenvalue weighted by molar-refractivity contribution is 6.10. The van der Waals surface area contributed by atoms with Gasteiger partial charge >= 0.3 is 0 Å². The normalized spacial score (nSPS) is 20.9. The Labute approximate surface area is 193 Å². The van der Waals surface area contributed by atoms with Crippen molar-refractivity contribution in [3.8, 4) is 11.1 Å². The molecule has 1 fully saturated rings. The highest BCUT2D eigenvalue weighted by Gasteiger charge is 2.36. The van der Waals surface area contributed by atoms with E-state index in [4.69, 9.17) is 4.99 Å². The number of anilines is 1. The van der Waals surface area contributed by atoms with Gasteiger partial charge in [0.1, 0.15) is 17.9 Å². The number of H-pyrrole nitrogens is 1. The number of aromatic nitrogens is 4. The molecule has 0 spiro atoms. The van der Waals surface area contributed by atoms with Crippen LogP contribution < -0.4 is 16.0 Å². The fourth-order valence-corrected chi connectivity index (χ4v) is 4.12. The second-order valence-corrected chi connectivity index (χ2v) is 8.43. The number of rotatable bonds is 5. The first kappa shape index (κ1) is 20.2. The fraction of sp³-hybridized carbons (Fsp3) is 0.261. The Bertz CT molecular complexity index is 1420. The van der Waals surface area contributed by atoms with Crippen LogP contribution in [-0.4, -0.2) is 63.3 Å². The molecule has 0 radical (unpaired) electrons. The molecule has 5 heterocycles. The van der Waals surface area contributed by atoms with E-state index in [0.29, 0.717) is 28.4 Å². The van der Waals surface area contributed by atoms with Crippen LogP contribution in [-0.2, 0) is 9.59 Å². The molecule has 34 heavy (non-hydrogen) atoms. The zero-order chi connectivity index (χ0) is 23.2. The molecule has 6 rings (SSSR count). The molecular formula is C23H21N9O2. The summed E-state index contributed by atoms with van der Waals surface area (Å²) < 4.78 is 0. The van der Waals surface area contributed by atoms with Crippen LogP contribution in [0.15, 0.2) is 52.4 Å². The topological polar surface area (TPSA) is 149 Å². The van der Waals surface area contributed by atoms with Crippen LogP contribution >= 0.6 is 0 Å². The molecule has 0 saturated heterocycles. The van der Waals surface area contributed by atoms with Gasteiger partial charge in [0.05, 0.1) is 17.3 Å². The van der Waals surface area contributed by atoms with E-state index in [0.717, 1.165) is 29.4 Å². The lowest BCUT2D eigenvalue weighted by molar-refractivity contribution is -0.118. The number of nitrogens with zero attached hydrogens (tertiary/aromatic N) is 5. The van der Waals surface area contributed by atoms with E-state index in [9.17, 15) is 9.59 Å². The molecule has 11 heteroatoms. The first-order valence-electron chi connectivity index (χ1n) is 11.0. The zero-order valence-electron chi connectivity index (χ0n) is 18.2. The third kappa shape index (κ3) is 3.51. The molecule has 2 unspecified atom stereocenters. The largest absolute Gasteiger partial charge is 0.355 e. The minimum atomic E-state index is -0.432. The van der Waals surface area contributed by atoms with Crippen molar-refractivity contribution >= 4 is 40.6 Å². The van der Waals surface area contributed by atoms with Gasteiger partial charge in [-0.05, 0) is 31.1 Å². The first-order valence-corrected chi connectivity index (χ1v) is 11.0. The number of amidine groups is 1. The summed E-state index contributed by atoms with van der Waals surface area (Å²) in [4.78, 5) is 42.3. The summed E-state index contributed by atoms with van der Waals surface area (Å²) in [6.45, 7) is 0. The Balaban J connectivity index is 1.33. The third-order valence-corrected chi connectivity index (χ3v) is 6.09. The molecule has 1 saturated carbocycles. The minimum absolute atomic E-state index is 0.0317. The molecule has 4 N–H and O–H groups in total. The maximum Gasteiger partial charge on any atom is 0.249 e. The van der Waals surface area contributed by atoms with Gasteiger partial charge in [-0.3, -0.25) is 29.7 Å². The van der Waals surface area contributed by atoms with Gasteiger partial charge in [0, 0.05) is 48.3 Å². The van der Waals surface area contributed by atoms with Gasteiger partial charge in [-0.2, -0.15) is 5.10 Å². The van der Waals surface area contributed by atoms with Crippen molar-refractivity contribution in [2.24, 2.45) is 15.9 Å². The number of carbonyl (C=O) groups excluding carboxylic acids is 2. The number of hydrogen-bond donors (Lipinski definition) is 4. The molecule has 3 aromatic rings. The molecule has 2 aliphatic heterocycles. The number of nitrogens with one attached hydrogen (secondary N) is 4. The molecule has 3 aliphatic rings. The van der Waals surface area contributed by atoms with Crippen molar-refractivity contribution in [3.63, 3.8) is 0 Å². The Kier molecular flexibility index (Phi) is 4.68. The maximum atomic E-state index is 12.2. The smallest absolute Gasteiger partial charge is 0.249 e. The number of dihydropyridines is 1. The highest BCUT2D eigenvalue weighted by Crippen LogP contribution is 2.31. The van der Waals surface area contributed by atoms with Crippen LogP contribution in [0.4, 0.5) is 5.69 Å². The quantitative estimate of drug-likeness (QED) is 0.454. The summed E-state index contributed by atoms with van der Waals surface area (Å²) in [6, 6.07) is 3.40. The number of likely N-dealkylation sites (N-methyl/N-ethyl adjacent to an activating group) is 1. The number of amides is 2. The summed E-state index contributed by atoms with van der Waals surface area (Å²) in [5.74, 6) is 0.494.